The van der Waals surface area contributed by atoms with E-state index in [2.05, 4.69) is 9.68 Å². The monoisotopic (exact) mass is 161 g/mol. The predicted octanol–water partition coefficient (Wildman–Crippen LogP) is 1.11. The van der Waals surface area contributed by atoms with Gasteiger partial charge in [-0.2, -0.15) is 0 Å². The Morgan fingerprint density at radius 3 is 3.00 bits per heavy atom. The number of alkyl halides is 1. The molecule has 1 aromatic rings. The molecular weight excluding hydrogens is 158 g/mol. The zero-order valence-electron chi connectivity index (χ0n) is 4.87. The Morgan fingerprint density at radius 1 is 1.90 bits per heavy atom. The second-order valence-corrected chi connectivity index (χ2v) is 1.88. The third-order valence-electron chi connectivity index (χ3n) is 1.00. The maximum absolute atomic E-state index is 10.3. The molecule has 0 saturated carbocycles. The van der Waals surface area contributed by atoms with E-state index >= 15 is 0 Å². The minimum absolute atomic E-state index is 0.0231. The second-order valence-electron chi connectivity index (χ2n) is 1.61. The van der Waals surface area contributed by atoms with Gasteiger partial charge in [0, 0.05) is 0 Å². The molecule has 1 aromatic heterocycles. The molecule has 0 radical (unpaired) electrons. The van der Waals surface area contributed by atoms with Crippen molar-refractivity contribution in [2.24, 2.45) is 0 Å². The summed E-state index contributed by atoms with van der Waals surface area (Å²) in [5.41, 5.74) is 0.282. The zero-order chi connectivity index (χ0) is 7.56. The van der Waals surface area contributed by atoms with Crippen molar-refractivity contribution in [3.8, 4) is 0 Å². The smallest absolute Gasteiger partial charge is 0.341 e. The van der Waals surface area contributed by atoms with E-state index in [0.29, 0.717) is 0 Å². The summed E-state index contributed by atoms with van der Waals surface area (Å²) in [5.74, 6) is -1.02. The molecule has 1 heterocycles. The molecule has 0 aromatic carbocycles. The van der Waals surface area contributed by atoms with Gasteiger partial charge in [-0.15, -0.1) is 11.6 Å². The van der Waals surface area contributed by atoms with Crippen LogP contribution in [0.2, 0.25) is 0 Å². The van der Waals surface area contributed by atoms with Crippen LogP contribution >= 0.6 is 11.6 Å². The van der Waals surface area contributed by atoms with Crippen LogP contribution in [0.4, 0.5) is 0 Å². The summed E-state index contributed by atoms with van der Waals surface area (Å²) in [5, 5.41) is 11.8. The average molecular weight is 162 g/mol. The van der Waals surface area contributed by atoms with Gasteiger partial charge in [0.1, 0.15) is 17.5 Å². The number of aromatic carboxylic acids is 1. The van der Waals surface area contributed by atoms with Crippen LogP contribution in [0, 0.1) is 0 Å². The molecule has 0 unspecified atom stereocenters. The number of nitrogens with zero attached hydrogens (tertiary/aromatic N) is 1. The first kappa shape index (κ1) is 7.08. The molecule has 0 spiro atoms. The highest BCUT2D eigenvalue weighted by atomic mass is 35.5. The van der Waals surface area contributed by atoms with Gasteiger partial charge in [-0.25, -0.2) is 4.79 Å². The van der Waals surface area contributed by atoms with Gasteiger partial charge in [-0.1, -0.05) is 5.16 Å². The van der Waals surface area contributed by atoms with Crippen LogP contribution in [0.3, 0.4) is 0 Å². The first-order valence-electron chi connectivity index (χ1n) is 2.48. The van der Waals surface area contributed by atoms with Crippen LogP contribution in [0.5, 0.6) is 0 Å². The van der Waals surface area contributed by atoms with Crippen LogP contribution in [0.25, 0.3) is 0 Å². The highest BCUT2D eigenvalue weighted by Gasteiger charge is 2.12. The fourth-order valence-electron chi connectivity index (χ4n) is 0.530. The number of carbonyl (C=O) groups is 1. The van der Waals surface area contributed by atoms with Crippen molar-refractivity contribution in [1.29, 1.82) is 0 Å². The number of carboxylic acid groups (broad SMARTS) is 1. The van der Waals surface area contributed by atoms with Crippen LogP contribution in [-0.2, 0) is 5.88 Å². The molecule has 0 aliphatic rings. The predicted molar refractivity (Wildman–Crippen MR) is 33.0 cm³/mol. The third-order valence-corrected chi connectivity index (χ3v) is 1.25. The molecule has 0 bridgehead atoms. The van der Waals surface area contributed by atoms with Crippen molar-refractivity contribution >= 4 is 17.6 Å². The van der Waals surface area contributed by atoms with Crippen LogP contribution in [-0.4, -0.2) is 16.2 Å². The lowest BCUT2D eigenvalue weighted by Gasteiger charge is -1.85. The van der Waals surface area contributed by atoms with Gasteiger partial charge in [0.15, 0.2) is 0 Å². The maximum atomic E-state index is 10.3. The summed E-state index contributed by atoms with van der Waals surface area (Å²) < 4.78 is 4.38. The largest absolute Gasteiger partial charge is 0.478 e. The normalized spacial score (nSPS) is 9.70. The topological polar surface area (TPSA) is 63.3 Å². The van der Waals surface area contributed by atoms with Crippen molar-refractivity contribution in [2.45, 2.75) is 5.88 Å². The van der Waals surface area contributed by atoms with Gasteiger partial charge >= 0.3 is 5.97 Å². The summed E-state index contributed by atoms with van der Waals surface area (Å²) in [6, 6.07) is 0. The van der Waals surface area contributed by atoms with E-state index in [4.69, 9.17) is 16.7 Å². The number of halogens is 1. The first-order valence-corrected chi connectivity index (χ1v) is 3.01. The van der Waals surface area contributed by atoms with Crippen molar-refractivity contribution in [1.82, 2.24) is 5.16 Å². The fraction of sp³-hybridized carbons (Fsp3) is 0.200. The standard InChI is InChI=1S/C5H4ClNO3/c6-1-4-3(5(8)9)2-10-7-4/h2H,1H2,(H,8,9). The molecule has 0 aliphatic heterocycles. The van der Waals surface area contributed by atoms with E-state index in [0.717, 1.165) is 6.26 Å². The second kappa shape index (κ2) is 2.70. The van der Waals surface area contributed by atoms with Crippen molar-refractivity contribution in [2.75, 3.05) is 0 Å². The van der Waals surface area contributed by atoms with Gasteiger partial charge in [0.2, 0.25) is 0 Å². The molecule has 1 rings (SSSR count). The summed E-state index contributed by atoms with van der Waals surface area (Å²) in [4.78, 5) is 10.3. The molecule has 4 nitrogen and oxygen atoms in total. The fourth-order valence-corrected chi connectivity index (χ4v) is 0.723. The molecule has 0 fully saturated rings. The molecule has 10 heavy (non-hydrogen) atoms. The molecule has 5 heteroatoms. The van der Waals surface area contributed by atoms with Gasteiger partial charge in [-0.3, -0.25) is 0 Å². The molecule has 0 atom stereocenters. The lowest BCUT2D eigenvalue weighted by atomic mass is 10.3. The van der Waals surface area contributed by atoms with E-state index in [1.165, 1.54) is 0 Å². The molecule has 0 saturated heterocycles. The third kappa shape index (κ3) is 1.11. The van der Waals surface area contributed by atoms with Gasteiger partial charge in [0.25, 0.3) is 0 Å². The van der Waals surface area contributed by atoms with Gasteiger partial charge in [-0.05, 0) is 0 Å². The minimum Gasteiger partial charge on any atom is -0.478 e. The number of hydrogen-bond donors (Lipinski definition) is 1. The summed E-state index contributed by atoms with van der Waals surface area (Å²) >= 11 is 5.33. The van der Waals surface area contributed by atoms with Crippen molar-refractivity contribution < 1.29 is 14.4 Å². The molecule has 1 N–H and O–H groups in total. The maximum Gasteiger partial charge on any atom is 0.341 e. The van der Waals surface area contributed by atoms with Crippen molar-refractivity contribution in [3.63, 3.8) is 0 Å². The average Bonchev–Trinajstić information content (AvgIpc) is 2.33. The molecule has 0 aliphatic carbocycles. The number of rotatable bonds is 2. The van der Waals surface area contributed by atoms with Crippen LogP contribution in [0.15, 0.2) is 10.8 Å². The Morgan fingerprint density at radius 2 is 2.60 bits per heavy atom. The van der Waals surface area contributed by atoms with Crippen molar-refractivity contribution in [3.05, 3.63) is 17.5 Å². The van der Waals surface area contributed by atoms with E-state index in [1.54, 1.807) is 0 Å². The van der Waals surface area contributed by atoms with Crippen LogP contribution < -0.4 is 0 Å². The number of carboxylic acids is 1. The lowest BCUT2D eigenvalue weighted by Crippen LogP contribution is -1.97. The Bertz CT molecular complexity index is 245. The van der Waals surface area contributed by atoms with E-state index in [9.17, 15) is 4.79 Å². The Labute approximate surface area is 61.4 Å². The Balaban J connectivity index is 3.01. The Kier molecular flexibility index (Phi) is 1.91. The molecule has 0 amide bonds. The molecular formula is C5H4ClNO3. The number of hydrogen-bond acceptors (Lipinski definition) is 3. The van der Waals surface area contributed by atoms with Gasteiger partial charge < -0.3 is 9.63 Å². The minimum atomic E-state index is -1.07. The summed E-state index contributed by atoms with van der Waals surface area (Å²) in [7, 11) is 0. The van der Waals surface area contributed by atoms with Gasteiger partial charge in [0.05, 0.1) is 5.88 Å². The quantitative estimate of drug-likeness (QED) is 0.660. The number of aromatic nitrogens is 1. The summed E-state index contributed by atoms with van der Waals surface area (Å²) in [6.07, 6.45) is 1.06. The van der Waals surface area contributed by atoms with E-state index in [-0.39, 0.29) is 17.1 Å². The van der Waals surface area contributed by atoms with Crippen LogP contribution in [0.1, 0.15) is 16.1 Å². The van der Waals surface area contributed by atoms with E-state index in [1.807, 2.05) is 0 Å². The first-order chi connectivity index (χ1) is 4.75. The highest BCUT2D eigenvalue weighted by molar-refractivity contribution is 6.17. The lowest BCUT2D eigenvalue weighted by molar-refractivity contribution is 0.0695. The SMILES string of the molecule is O=C(O)c1conc1CCl. The van der Waals surface area contributed by atoms with E-state index < -0.39 is 5.97 Å². The summed E-state index contributed by atoms with van der Waals surface area (Å²) in [6.45, 7) is 0. The molecule has 54 valence electrons. The zero-order valence-corrected chi connectivity index (χ0v) is 5.63. The highest BCUT2D eigenvalue weighted by Crippen LogP contribution is 2.08. The Hall–Kier alpha value is -1.03.